The molecule has 0 radical (unpaired) electrons. The Hall–Kier alpha value is -3.50. The van der Waals surface area contributed by atoms with Crippen LogP contribution in [0.4, 0.5) is 14.6 Å². The van der Waals surface area contributed by atoms with Crippen LogP contribution < -0.4 is 10.5 Å². The minimum Gasteiger partial charge on any atom is -0.491 e. The molecule has 218 valence electrons. The topological polar surface area (TPSA) is 148 Å². The number of carboxylic acid groups (broad SMARTS) is 1. The Morgan fingerprint density at radius 3 is 2.54 bits per heavy atom. The minimum atomic E-state index is -3.54. The third-order valence-corrected chi connectivity index (χ3v) is 7.55. The third kappa shape index (κ3) is 8.04. The van der Waals surface area contributed by atoms with Gasteiger partial charge in [0, 0.05) is 29.8 Å². The summed E-state index contributed by atoms with van der Waals surface area (Å²) < 4.78 is 37.1. The van der Waals surface area contributed by atoms with Gasteiger partial charge in [0.15, 0.2) is 5.82 Å². The number of benzene rings is 2. The number of nitrogens with two attached hydrogens (primary N) is 1. The van der Waals surface area contributed by atoms with E-state index < -0.39 is 26.4 Å². The Labute approximate surface area is 236 Å². The number of halogens is 2. The second-order valence-electron chi connectivity index (χ2n) is 9.74. The van der Waals surface area contributed by atoms with E-state index in [1.807, 2.05) is 43.3 Å². The molecule has 0 saturated heterocycles. The summed E-state index contributed by atoms with van der Waals surface area (Å²) in [6, 6.07) is 13.6. The molecule has 0 amide bonds. The first kappa shape index (κ1) is 30.5. The highest BCUT2D eigenvalue weighted by molar-refractivity contribution is 7.46. The van der Waals surface area contributed by atoms with E-state index in [0.29, 0.717) is 29.0 Å². The second kappa shape index (κ2) is 13.4. The van der Waals surface area contributed by atoms with Crippen molar-refractivity contribution in [1.82, 2.24) is 9.97 Å². The first-order valence-electron chi connectivity index (χ1n) is 13.1. The molecule has 0 aliphatic rings. The van der Waals surface area contributed by atoms with Gasteiger partial charge in [-0.25, -0.2) is 4.98 Å². The van der Waals surface area contributed by atoms with Crippen LogP contribution in [-0.2, 0) is 28.8 Å². The first-order chi connectivity index (χ1) is 19.5. The number of nitrogen functional groups attached to an aromatic ring is 1. The molecule has 0 spiro atoms. The summed E-state index contributed by atoms with van der Waals surface area (Å²) in [6.45, 7) is 1.96. The highest BCUT2D eigenvalue weighted by Gasteiger charge is 2.38. The maximum Gasteiger partial charge on any atom is 0.316 e. The smallest absolute Gasteiger partial charge is 0.316 e. The lowest BCUT2D eigenvalue weighted by Crippen LogP contribution is -2.17. The molecule has 41 heavy (non-hydrogen) atoms. The molecule has 0 bridgehead atoms. The number of aromatic nitrogens is 2. The number of nitrogens with zero attached hydrogens (tertiary/aromatic N) is 2. The Bertz CT molecular complexity index is 1540. The van der Waals surface area contributed by atoms with Crippen molar-refractivity contribution in [3.05, 3.63) is 70.9 Å². The van der Waals surface area contributed by atoms with Gasteiger partial charge in [-0.05, 0) is 72.7 Å². The van der Waals surface area contributed by atoms with Gasteiger partial charge < -0.3 is 30.1 Å². The summed E-state index contributed by atoms with van der Waals surface area (Å²) in [5.74, 6) is 0.117. The molecule has 9 nitrogen and oxygen atoms in total. The molecule has 2 aromatic heterocycles. The number of hydrogen-bond acceptors (Lipinski definition) is 8. The lowest BCUT2D eigenvalue weighted by molar-refractivity contribution is -0.136. The van der Waals surface area contributed by atoms with E-state index in [-0.39, 0.29) is 26.2 Å². The summed E-state index contributed by atoms with van der Waals surface area (Å²) in [4.78, 5) is 37.3. The Balaban J connectivity index is 1.36. The van der Waals surface area contributed by atoms with Crippen LogP contribution in [0.15, 0.2) is 48.7 Å². The van der Waals surface area contributed by atoms with E-state index in [9.17, 15) is 13.6 Å². The molecular formula is C29H32F2N3O6P. The van der Waals surface area contributed by atoms with Gasteiger partial charge in [-0.15, -0.1) is 0 Å². The molecule has 12 heteroatoms. The average Bonchev–Trinajstić information content (AvgIpc) is 2.93. The molecule has 4 aromatic rings. The number of carboxylic acids is 1. The molecule has 4 rings (SSSR count). The van der Waals surface area contributed by atoms with Gasteiger partial charge in [-0.2, -0.15) is 8.78 Å². The number of anilines is 1. The van der Waals surface area contributed by atoms with Gasteiger partial charge in [0.05, 0.1) is 18.7 Å². The summed E-state index contributed by atoms with van der Waals surface area (Å²) in [5, 5.41) is 10.8. The van der Waals surface area contributed by atoms with Crippen LogP contribution >= 0.6 is 8.38 Å². The standard InChI is InChI=1S/C29H32F2N3O6P/c1-18-14-22(40-13-12-39-11-10-29(30,31)41(37)38)7-6-21(18)5-2-20-15-24-23-8-3-19(4-9-26(35)36)16-25(23)34-28(32)27(24)33-17-20/h3,6-8,14-17,37-38H,2,4-5,9-13H2,1H3,(H2,32,34)(H,35,36). The van der Waals surface area contributed by atoms with Crippen LogP contribution in [0.25, 0.3) is 21.8 Å². The van der Waals surface area contributed by atoms with Crippen molar-refractivity contribution in [1.29, 1.82) is 0 Å². The normalized spacial score (nSPS) is 12.0. The molecule has 5 N–H and O–H groups in total. The number of alkyl halides is 2. The van der Waals surface area contributed by atoms with Crippen LogP contribution in [0.2, 0.25) is 0 Å². The number of carbonyl (C=O) groups is 1. The summed E-state index contributed by atoms with van der Waals surface area (Å²) in [5.41, 5.74) is 8.09. The van der Waals surface area contributed by atoms with Crippen molar-refractivity contribution in [2.45, 2.75) is 44.7 Å². The predicted molar refractivity (Wildman–Crippen MR) is 153 cm³/mol. The molecule has 0 aliphatic carbocycles. The fraction of sp³-hybridized carbons (Fsp3) is 0.345. The molecule has 2 heterocycles. The van der Waals surface area contributed by atoms with Crippen LogP contribution in [0.1, 0.15) is 35.1 Å². The number of pyridine rings is 2. The lowest BCUT2D eigenvalue weighted by Gasteiger charge is -2.16. The van der Waals surface area contributed by atoms with Gasteiger partial charge in [-0.3, -0.25) is 9.78 Å². The second-order valence-corrected chi connectivity index (χ2v) is 11.0. The SMILES string of the molecule is Cc1cc(OCCOCCC(F)(F)P(O)O)ccc1CCc1cnc2c(N)nc3cc(CCC(=O)O)ccc3c2c1. The minimum absolute atomic E-state index is 0.0457. The molecule has 0 unspecified atom stereocenters. The maximum absolute atomic E-state index is 13.2. The molecule has 0 fully saturated rings. The van der Waals surface area contributed by atoms with Gasteiger partial charge in [0.25, 0.3) is 0 Å². The first-order valence-corrected chi connectivity index (χ1v) is 14.3. The van der Waals surface area contributed by atoms with Gasteiger partial charge in [-0.1, -0.05) is 18.2 Å². The van der Waals surface area contributed by atoms with E-state index in [1.54, 1.807) is 6.20 Å². The van der Waals surface area contributed by atoms with Crippen molar-refractivity contribution in [3.8, 4) is 5.75 Å². The van der Waals surface area contributed by atoms with Gasteiger partial charge in [0.1, 0.15) is 17.9 Å². The molecule has 2 aromatic carbocycles. The fourth-order valence-electron chi connectivity index (χ4n) is 4.47. The quantitative estimate of drug-likeness (QED) is 0.0893. The molecular weight excluding hydrogens is 555 g/mol. The van der Waals surface area contributed by atoms with Gasteiger partial charge >= 0.3 is 11.6 Å². The van der Waals surface area contributed by atoms with Crippen LogP contribution in [0.5, 0.6) is 5.75 Å². The third-order valence-electron chi connectivity index (χ3n) is 6.74. The number of aliphatic carboxylic acids is 1. The highest BCUT2D eigenvalue weighted by Crippen LogP contribution is 2.47. The largest absolute Gasteiger partial charge is 0.491 e. The Kier molecular flexibility index (Phi) is 9.99. The number of ether oxygens (including phenoxy) is 2. The van der Waals surface area contributed by atoms with E-state index in [1.165, 1.54) is 0 Å². The van der Waals surface area contributed by atoms with Gasteiger partial charge in [0.2, 0.25) is 8.38 Å². The summed E-state index contributed by atoms with van der Waals surface area (Å²) >= 11 is 0. The Morgan fingerprint density at radius 1 is 1.00 bits per heavy atom. The fourth-order valence-corrected chi connectivity index (χ4v) is 4.77. The van der Waals surface area contributed by atoms with Crippen LogP contribution in [-0.4, -0.2) is 56.3 Å². The van der Waals surface area contributed by atoms with Crippen LogP contribution in [0.3, 0.4) is 0 Å². The van der Waals surface area contributed by atoms with E-state index >= 15 is 0 Å². The number of hydrogen-bond donors (Lipinski definition) is 4. The lowest BCUT2D eigenvalue weighted by atomic mass is 9.99. The molecule has 0 saturated carbocycles. The van der Waals surface area contributed by atoms with E-state index in [2.05, 4.69) is 16.0 Å². The van der Waals surface area contributed by atoms with Crippen molar-refractivity contribution >= 4 is 42.0 Å². The maximum atomic E-state index is 13.2. The average molecular weight is 588 g/mol. The number of aryl methyl sites for hydroxylation is 4. The molecule has 0 atom stereocenters. The van der Waals surface area contributed by atoms with Crippen molar-refractivity contribution in [2.75, 3.05) is 25.6 Å². The Morgan fingerprint density at radius 2 is 1.80 bits per heavy atom. The number of rotatable bonds is 14. The van der Waals surface area contributed by atoms with Crippen LogP contribution in [0, 0.1) is 6.92 Å². The zero-order valence-corrected chi connectivity index (χ0v) is 23.4. The van der Waals surface area contributed by atoms with Crippen molar-refractivity contribution in [2.24, 2.45) is 0 Å². The van der Waals surface area contributed by atoms with Crippen molar-refractivity contribution in [3.63, 3.8) is 0 Å². The monoisotopic (exact) mass is 587 g/mol. The summed E-state index contributed by atoms with van der Waals surface area (Å²) in [7, 11) is -3.32. The van der Waals surface area contributed by atoms with Crippen molar-refractivity contribution < 1.29 is 37.9 Å². The summed E-state index contributed by atoms with van der Waals surface area (Å²) in [6.07, 6.45) is 3.02. The zero-order chi connectivity index (χ0) is 29.6. The zero-order valence-electron chi connectivity index (χ0n) is 22.5. The highest BCUT2D eigenvalue weighted by atomic mass is 31.2. The molecule has 0 aliphatic heterocycles. The van der Waals surface area contributed by atoms with E-state index in [0.717, 1.165) is 45.9 Å². The van der Waals surface area contributed by atoms with E-state index in [4.69, 9.17) is 30.1 Å². The predicted octanol–water partition coefficient (Wildman–Crippen LogP) is 5.15. The number of fused-ring (bicyclic) bond motifs is 3.